The van der Waals surface area contributed by atoms with E-state index in [2.05, 4.69) is 5.32 Å². The Balaban J connectivity index is 2.27. The molecule has 0 saturated carbocycles. The molecule has 0 aliphatic rings. The van der Waals surface area contributed by atoms with Crippen LogP contribution < -0.4 is 10.8 Å². The fourth-order valence-electron chi connectivity index (χ4n) is 1.29. The fourth-order valence-corrected chi connectivity index (χ4v) is 1.29. The molecule has 0 spiro atoms. The molecule has 0 atom stereocenters. The van der Waals surface area contributed by atoms with E-state index in [0.29, 0.717) is 0 Å². The number of hydrogen-bond donors (Lipinski definition) is 3. The lowest BCUT2D eigenvalue weighted by molar-refractivity contribution is -0.129. The topological polar surface area (TPSA) is 78.4 Å². The standard InChI is InChI=1S/C14H16N2O3/c17-13(15-11-10-14(18)16-19)9-5-4-8-12-6-2-1-3-7-12/h1-9,19H,10-11H2,(H,15,17)(H,16,18). The minimum atomic E-state index is -0.534. The molecule has 19 heavy (non-hydrogen) atoms. The van der Waals surface area contributed by atoms with Crippen molar-refractivity contribution < 1.29 is 14.8 Å². The second-order valence-electron chi connectivity index (χ2n) is 3.70. The Bertz CT molecular complexity index is 467. The molecule has 100 valence electrons. The van der Waals surface area contributed by atoms with Crippen LogP contribution in [0.4, 0.5) is 0 Å². The zero-order chi connectivity index (χ0) is 13.9. The Labute approximate surface area is 111 Å². The predicted molar refractivity (Wildman–Crippen MR) is 72.2 cm³/mol. The Morgan fingerprint density at radius 3 is 2.58 bits per heavy atom. The van der Waals surface area contributed by atoms with Crippen molar-refractivity contribution in [2.45, 2.75) is 6.42 Å². The maximum absolute atomic E-state index is 11.3. The molecule has 0 aromatic heterocycles. The summed E-state index contributed by atoms with van der Waals surface area (Å²) in [5.41, 5.74) is 2.54. The quantitative estimate of drug-likeness (QED) is 0.312. The molecule has 0 bridgehead atoms. The van der Waals surface area contributed by atoms with Crippen molar-refractivity contribution in [2.75, 3.05) is 6.54 Å². The highest BCUT2D eigenvalue weighted by Gasteiger charge is 1.99. The average molecular weight is 260 g/mol. The van der Waals surface area contributed by atoms with Gasteiger partial charge in [-0.1, -0.05) is 48.6 Å². The first kappa shape index (κ1) is 14.7. The zero-order valence-electron chi connectivity index (χ0n) is 10.4. The highest BCUT2D eigenvalue weighted by atomic mass is 16.5. The molecule has 0 fully saturated rings. The summed E-state index contributed by atoms with van der Waals surface area (Å²) in [5, 5.41) is 10.8. The average Bonchev–Trinajstić information content (AvgIpc) is 2.44. The van der Waals surface area contributed by atoms with Crippen LogP contribution in [0.5, 0.6) is 0 Å². The SMILES string of the molecule is O=C(C=CC=Cc1ccccc1)NCCC(=O)NO. The van der Waals surface area contributed by atoms with Gasteiger partial charge in [-0.2, -0.15) is 0 Å². The third-order valence-corrected chi connectivity index (χ3v) is 2.22. The van der Waals surface area contributed by atoms with Crippen LogP contribution in [0.2, 0.25) is 0 Å². The number of rotatable bonds is 6. The van der Waals surface area contributed by atoms with E-state index in [-0.39, 0.29) is 18.9 Å². The molecular formula is C14H16N2O3. The highest BCUT2D eigenvalue weighted by molar-refractivity contribution is 5.88. The van der Waals surface area contributed by atoms with Gasteiger partial charge < -0.3 is 5.32 Å². The van der Waals surface area contributed by atoms with Crippen LogP contribution in [0.3, 0.4) is 0 Å². The van der Waals surface area contributed by atoms with Crippen molar-refractivity contribution in [3.05, 3.63) is 54.1 Å². The summed E-state index contributed by atoms with van der Waals surface area (Å²) in [7, 11) is 0. The van der Waals surface area contributed by atoms with E-state index in [9.17, 15) is 9.59 Å². The first-order valence-corrected chi connectivity index (χ1v) is 5.83. The fraction of sp³-hybridized carbons (Fsp3) is 0.143. The second kappa shape index (κ2) is 8.66. The third-order valence-electron chi connectivity index (χ3n) is 2.22. The highest BCUT2D eigenvalue weighted by Crippen LogP contribution is 2.00. The number of hydroxylamine groups is 1. The number of allylic oxidation sites excluding steroid dienone is 2. The Hall–Kier alpha value is -2.40. The molecular weight excluding hydrogens is 244 g/mol. The second-order valence-corrected chi connectivity index (χ2v) is 3.70. The molecule has 0 saturated heterocycles. The molecule has 1 aromatic rings. The van der Waals surface area contributed by atoms with Gasteiger partial charge in [-0.25, -0.2) is 5.48 Å². The molecule has 5 nitrogen and oxygen atoms in total. The number of nitrogens with one attached hydrogen (secondary N) is 2. The number of amides is 2. The molecule has 2 amide bonds. The lowest BCUT2D eigenvalue weighted by Crippen LogP contribution is -2.28. The number of hydrogen-bond acceptors (Lipinski definition) is 3. The van der Waals surface area contributed by atoms with Gasteiger partial charge in [0.15, 0.2) is 0 Å². The Kier molecular flexibility index (Phi) is 6.68. The lowest BCUT2D eigenvalue weighted by atomic mass is 10.2. The van der Waals surface area contributed by atoms with E-state index in [1.807, 2.05) is 36.4 Å². The molecule has 5 heteroatoms. The maximum Gasteiger partial charge on any atom is 0.245 e. The molecule has 1 rings (SSSR count). The predicted octanol–water partition coefficient (Wildman–Crippen LogP) is 1.27. The van der Waals surface area contributed by atoms with E-state index in [4.69, 9.17) is 5.21 Å². The van der Waals surface area contributed by atoms with Gasteiger partial charge in [-0.15, -0.1) is 0 Å². The summed E-state index contributed by atoms with van der Waals surface area (Å²) < 4.78 is 0. The summed E-state index contributed by atoms with van der Waals surface area (Å²) in [6.07, 6.45) is 6.67. The largest absolute Gasteiger partial charge is 0.352 e. The normalized spacial score (nSPS) is 10.8. The van der Waals surface area contributed by atoms with Gasteiger partial charge >= 0.3 is 0 Å². The van der Waals surface area contributed by atoms with E-state index >= 15 is 0 Å². The monoisotopic (exact) mass is 260 g/mol. The van der Waals surface area contributed by atoms with Crippen LogP contribution in [0.25, 0.3) is 6.08 Å². The first-order chi connectivity index (χ1) is 9.22. The molecule has 0 unspecified atom stereocenters. The van der Waals surface area contributed by atoms with Crippen molar-refractivity contribution in [3.63, 3.8) is 0 Å². The van der Waals surface area contributed by atoms with Crippen LogP contribution >= 0.6 is 0 Å². The minimum Gasteiger partial charge on any atom is -0.352 e. The summed E-state index contributed by atoms with van der Waals surface area (Å²) in [5.74, 6) is -0.822. The van der Waals surface area contributed by atoms with E-state index in [0.717, 1.165) is 5.56 Å². The van der Waals surface area contributed by atoms with Crippen LogP contribution in [0.15, 0.2) is 48.6 Å². The first-order valence-electron chi connectivity index (χ1n) is 5.83. The number of carbonyl (C=O) groups is 2. The van der Waals surface area contributed by atoms with Crippen LogP contribution in [-0.2, 0) is 9.59 Å². The minimum absolute atomic E-state index is 0.0376. The van der Waals surface area contributed by atoms with Gasteiger partial charge in [0, 0.05) is 19.0 Å². The number of carbonyl (C=O) groups excluding carboxylic acids is 2. The third kappa shape index (κ3) is 6.80. The van der Waals surface area contributed by atoms with E-state index in [1.54, 1.807) is 12.2 Å². The van der Waals surface area contributed by atoms with Crippen LogP contribution in [0.1, 0.15) is 12.0 Å². The maximum atomic E-state index is 11.3. The molecule has 3 N–H and O–H groups in total. The number of benzene rings is 1. The van der Waals surface area contributed by atoms with Gasteiger partial charge in [-0.05, 0) is 5.56 Å². The van der Waals surface area contributed by atoms with Gasteiger partial charge in [0.2, 0.25) is 11.8 Å². The van der Waals surface area contributed by atoms with Crippen molar-refractivity contribution >= 4 is 17.9 Å². The van der Waals surface area contributed by atoms with Gasteiger partial charge in [-0.3, -0.25) is 14.8 Å². The van der Waals surface area contributed by atoms with Crippen LogP contribution in [0, 0.1) is 0 Å². The molecule has 0 heterocycles. The lowest BCUT2D eigenvalue weighted by Gasteiger charge is -1.99. The molecule has 0 radical (unpaired) electrons. The van der Waals surface area contributed by atoms with Gasteiger partial charge in [0.05, 0.1) is 0 Å². The van der Waals surface area contributed by atoms with Crippen molar-refractivity contribution in [3.8, 4) is 0 Å². The summed E-state index contributed by atoms with van der Waals surface area (Å²) in [6.45, 7) is 0.179. The van der Waals surface area contributed by atoms with Crippen molar-refractivity contribution in [1.29, 1.82) is 0 Å². The van der Waals surface area contributed by atoms with Gasteiger partial charge in [0.25, 0.3) is 0 Å². The zero-order valence-corrected chi connectivity index (χ0v) is 10.4. The summed E-state index contributed by atoms with van der Waals surface area (Å²) >= 11 is 0. The molecule has 1 aromatic carbocycles. The smallest absolute Gasteiger partial charge is 0.245 e. The Morgan fingerprint density at radius 1 is 1.16 bits per heavy atom. The van der Waals surface area contributed by atoms with Crippen molar-refractivity contribution in [2.24, 2.45) is 0 Å². The van der Waals surface area contributed by atoms with E-state index < -0.39 is 5.91 Å². The Morgan fingerprint density at radius 2 is 1.89 bits per heavy atom. The molecule has 0 aliphatic heterocycles. The summed E-state index contributed by atoms with van der Waals surface area (Å²) in [4.78, 5) is 22.0. The van der Waals surface area contributed by atoms with Crippen molar-refractivity contribution in [1.82, 2.24) is 10.8 Å². The van der Waals surface area contributed by atoms with E-state index in [1.165, 1.54) is 11.6 Å². The van der Waals surface area contributed by atoms with Gasteiger partial charge in [0.1, 0.15) is 0 Å². The van der Waals surface area contributed by atoms with Crippen LogP contribution in [-0.4, -0.2) is 23.6 Å². The molecule has 0 aliphatic carbocycles. The summed E-state index contributed by atoms with van der Waals surface area (Å²) in [6, 6.07) is 9.71.